The summed E-state index contributed by atoms with van der Waals surface area (Å²) >= 11 is 2.63. The summed E-state index contributed by atoms with van der Waals surface area (Å²) < 4.78 is 32.0. The number of thioether (sulfide) groups is 1. The smallest absolute Gasteiger partial charge is 0.236 e. The van der Waals surface area contributed by atoms with E-state index in [0.29, 0.717) is 35.7 Å². The number of thiazole rings is 1. The Labute approximate surface area is 194 Å². The molecule has 0 bridgehead atoms. The number of aromatic nitrogens is 4. The molecule has 3 heterocycles. The van der Waals surface area contributed by atoms with Crippen LogP contribution in [-0.2, 0) is 21.2 Å². The molecule has 9 nitrogen and oxygen atoms in total. The number of fused-ring (bicyclic) bond motifs is 1. The number of carbonyl (C=O) groups is 1. The van der Waals surface area contributed by atoms with Gasteiger partial charge in [-0.15, -0.1) is 16.8 Å². The topological polar surface area (TPSA) is 116 Å². The van der Waals surface area contributed by atoms with E-state index in [1.807, 2.05) is 29.7 Å². The van der Waals surface area contributed by atoms with Gasteiger partial charge in [0, 0.05) is 12.5 Å². The van der Waals surface area contributed by atoms with E-state index in [1.165, 1.54) is 23.1 Å². The van der Waals surface area contributed by atoms with Crippen molar-refractivity contribution in [1.82, 2.24) is 19.7 Å². The minimum absolute atomic E-state index is 0.0794. The van der Waals surface area contributed by atoms with Crippen molar-refractivity contribution in [1.29, 1.82) is 0 Å². The molecule has 3 aromatic rings. The summed E-state index contributed by atoms with van der Waals surface area (Å²) in [4.78, 5) is 16.9. The number of hydrogen-bond acceptors (Lipinski definition) is 9. The molecule has 2 aromatic heterocycles. The number of carbonyl (C=O) groups excluding carboxylic acids is 1. The highest BCUT2D eigenvalue weighted by atomic mass is 32.2. The first-order chi connectivity index (χ1) is 15.4. The fourth-order valence-electron chi connectivity index (χ4n) is 3.51. The molecule has 0 aliphatic carbocycles. The van der Waals surface area contributed by atoms with Crippen molar-refractivity contribution in [2.45, 2.75) is 31.0 Å². The molecule has 1 saturated heterocycles. The summed E-state index contributed by atoms with van der Waals surface area (Å²) in [6.07, 6.45) is 2.24. The van der Waals surface area contributed by atoms with Crippen molar-refractivity contribution >= 4 is 54.2 Å². The maximum absolute atomic E-state index is 12.5. The standard InChI is InChI=1S/C20H23N5O4S3/c1-3-8-25-18(13-7-9-32(27,28)12-13)23-24-20(25)30-11-17(26)22-19-21-15-6-5-14(29-4-2)10-16(15)31-19/h3,5-6,10,13H,1,4,7-9,11-12H2,2H3,(H,21,22,26). The zero-order valence-electron chi connectivity index (χ0n) is 17.5. The lowest BCUT2D eigenvalue weighted by Crippen LogP contribution is -2.15. The molecule has 4 rings (SSSR count). The monoisotopic (exact) mass is 493 g/mol. The van der Waals surface area contributed by atoms with E-state index in [1.54, 1.807) is 6.08 Å². The number of anilines is 1. The summed E-state index contributed by atoms with van der Waals surface area (Å²) in [5.74, 6) is 1.37. The molecule has 32 heavy (non-hydrogen) atoms. The number of nitrogens with zero attached hydrogens (tertiary/aromatic N) is 4. The van der Waals surface area contributed by atoms with Gasteiger partial charge in [0.2, 0.25) is 5.91 Å². The molecule has 0 saturated carbocycles. The fourth-order valence-corrected chi connectivity index (χ4v) is 6.91. The zero-order chi connectivity index (χ0) is 22.7. The molecule has 1 unspecified atom stereocenters. The van der Waals surface area contributed by atoms with Gasteiger partial charge >= 0.3 is 0 Å². The normalized spacial score (nSPS) is 17.5. The Morgan fingerprint density at radius 3 is 3.00 bits per heavy atom. The van der Waals surface area contributed by atoms with Crippen molar-refractivity contribution in [3.05, 3.63) is 36.7 Å². The first-order valence-electron chi connectivity index (χ1n) is 10.1. The van der Waals surface area contributed by atoms with Crippen LogP contribution in [0.2, 0.25) is 0 Å². The molecule has 1 fully saturated rings. The van der Waals surface area contributed by atoms with Crippen LogP contribution in [0, 0.1) is 0 Å². The third-order valence-electron chi connectivity index (χ3n) is 4.90. The molecule has 170 valence electrons. The van der Waals surface area contributed by atoms with E-state index in [4.69, 9.17) is 4.74 Å². The lowest BCUT2D eigenvalue weighted by atomic mass is 10.1. The molecule has 0 spiro atoms. The number of hydrogen-bond donors (Lipinski definition) is 1. The van der Waals surface area contributed by atoms with E-state index >= 15 is 0 Å². The number of rotatable bonds is 9. The van der Waals surface area contributed by atoms with E-state index < -0.39 is 9.84 Å². The Balaban J connectivity index is 1.41. The average molecular weight is 494 g/mol. The number of allylic oxidation sites excluding steroid dienone is 1. The molecule has 0 radical (unpaired) electrons. The van der Waals surface area contributed by atoms with Crippen molar-refractivity contribution < 1.29 is 17.9 Å². The molecule has 1 amide bonds. The summed E-state index contributed by atoms with van der Waals surface area (Å²) in [5.41, 5.74) is 0.795. The molecule has 1 N–H and O–H groups in total. The van der Waals surface area contributed by atoms with Crippen molar-refractivity contribution in [2.24, 2.45) is 0 Å². The van der Waals surface area contributed by atoms with E-state index in [2.05, 4.69) is 27.1 Å². The lowest BCUT2D eigenvalue weighted by molar-refractivity contribution is -0.113. The summed E-state index contributed by atoms with van der Waals surface area (Å²) in [6, 6.07) is 5.62. The SMILES string of the molecule is C=CCn1c(SCC(=O)Nc2nc3ccc(OCC)cc3s2)nnc1C1CCS(=O)(=O)C1. The summed E-state index contributed by atoms with van der Waals surface area (Å²) in [6.45, 7) is 6.72. The quantitative estimate of drug-likeness (QED) is 0.357. The van der Waals surface area contributed by atoms with E-state index in [9.17, 15) is 13.2 Å². The Hall–Kier alpha value is -2.44. The second kappa shape index (κ2) is 9.59. The summed E-state index contributed by atoms with van der Waals surface area (Å²) in [7, 11) is -3.04. The number of benzene rings is 1. The van der Waals surface area contributed by atoms with Gasteiger partial charge in [0.15, 0.2) is 20.1 Å². The molecule has 12 heteroatoms. The predicted octanol–water partition coefficient (Wildman–Crippen LogP) is 3.11. The Morgan fingerprint density at radius 2 is 2.28 bits per heavy atom. The lowest BCUT2D eigenvalue weighted by Gasteiger charge is -2.11. The molecule has 1 aliphatic heterocycles. The molecular formula is C20H23N5O4S3. The van der Waals surface area contributed by atoms with E-state index in [0.717, 1.165) is 16.0 Å². The van der Waals surface area contributed by atoms with Crippen molar-refractivity contribution in [3.8, 4) is 5.75 Å². The van der Waals surface area contributed by atoms with Crippen LogP contribution in [0.25, 0.3) is 10.2 Å². The van der Waals surface area contributed by atoms with Gasteiger partial charge in [0.1, 0.15) is 11.6 Å². The first-order valence-corrected chi connectivity index (χ1v) is 13.7. The highest BCUT2D eigenvalue weighted by molar-refractivity contribution is 7.99. The van der Waals surface area contributed by atoms with E-state index in [-0.39, 0.29) is 29.1 Å². The molecular weight excluding hydrogens is 470 g/mol. The van der Waals surface area contributed by atoms with Crippen LogP contribution in [0.15, 0.2) is 36.0 Å². The fraction of sp³-hybridized carbons (Fsp3) is 0.400. The highest BCUT2D eigenvalue weighted by Gasteiger charge is 2.33. The Bertz CT molecular complexity index is 1250. The van der Waals surface area contributed by atoms with Gasteiger partial charge in [0.05, 0.1) is 34.1 Å². The largest absolute Gasteiger partial charge is 0.494 e. The second-order valence-electron chi connectivity index (χ2n) is 7.26. The third kappa shape index (κ3) is 5.13. The zero-order valence-corrected chi connectivity index (χ0v) is 19.9. The van der Waals surface area contributed by atoms with Gasteiger partial charge < -0.3 is 14.6 Å². The highest BCUT2D eigenvalue weighted by Crippen LogP contribution is 2.31. The van der Waals surface area contributed by atoms with Gasteiger partial charge in [-0.05, 0) is 31.5 Å². The average Bonchev–Trinajstić information content (AvgIpc) is 3.43. The van der Waals surface area contributed by atoms with Gasteiger partial charge in [0.25, 0.3) is 0 Å². The minimum Gasteiger partial charge on any atom is -0.494 e. The van der Waals surface area contributed by atoms with Gasteiger partial charge in [-0.3, -0.25) is 4.79 Å². The maximum Gasteiger partial charge on any atom is 0.236 e. The van der Waals surface area contributed by atoms with Crippen LogP contribution in [0.4, 0.5) is 5.13 Å². The van der Waals surface area contributed by atoms with Crippen LogP contribution in [0.5, 0.6) is 5.75 Å². The van der Waals surface area contributed by atoms with Crippen molar-refractivity contribution in [2.75, 3.05) is 29.2 Å². The molecule has 1 atom stereocenters. The minimum atomic E-state index is -3.04. The Morgan fingerprint density at radius 1 is 1.44 bits per heavy atom. The number of amides is 1. The van der Waals surface area contributed by atoms with Gasteiger partial charge in [-0.1, -0.05) is 29.2 Å². The second-order valence-corrected chi connectivity index (χ2v) is 11.5. The summed E-state index contributed by atoms with van der Waals surface area (Å²) in [5, 5.41) is 12.3. The Kier molecular flexibility index (Phi) is 6.82. The molecule has 1 aliphatic rings. The van der Waals surface area contributed by atoms with Crippen LogP contribution >= 0.6 is 23.1 Å². The van der Waals surface area contributed by atoms with Crippen LogP contribution in [0.1, 0.15) is 25.1 Å². The van der Waals surface area contributed by atoms with Crippen LogP contribution in [0.3, 0.4) is 0 Å². The maximum atomic E-state index is 12.5. The number of nitrogens with one attached hydrogen (secondary N) is 1. The predicted molar refractivity (Wildman–Crippen MR) is 126 cm³/mol. The number of ether oxygens (including phenoxy) is 1. The van der Waals surface area contributed by atoms with Gasteiger partial charge in [-0.25, -0.2) is 13.4 Å². The third-order valence-corrected chi connectivity index (χ3v) is 8.57. The van der Waals surface area contributed by atoms with Crippen molar-refractivity contribution in [3.63, 3.8) is 0 Å². The molecule has 1 aromatic carbocycles. The van der Waals surface area contributed by atoms with Crippen LogP contribution < -0.4 is 10.1 Å². The first kappa shape index (κ1) is 22.7. The number of sulfone groups is 1. The van der Waals surface area contributed by atoms with Crippen LogP contribution in [-0.4, -0.2) is 57.9 Å². The van der Waals surface area contributed by atoms with Gasteiger partial charge in [-0.2, -0.15) is 0 Å².